The predicted octanol–water partition coefficient (Wildman–Crippen LogP) is 1.83. The van der Waals surface area contributed by atoms with Crippen molar-refractivity contribution >= 4 is 57.1 Å². The van der Waals surface area contributed by atoms with Crippen molar-refractivity contribution in [2.45, 2.75) is 13.8 Å². The Morgan fingerprint density at radius 1 is 0.848 bits per heavy atom. The van der Waals surface area contributed by atoms with Crippen molar-refractivity contribution in [1.82, 2.24) is 9.97 Å². The Morgan fingerprint density at radius 2 is 1.15 bits per heavy atom. The van der Waals surface area contributed by atoms with Crippen LogP contribution in [0.1, 0.15) is 11.5 Å². The van der Waals surface area contributed by atoms with Crippen molar-refractivity contribution in [1.29, 1.82) is 0 Å². The summed E-state index contributed by atoms with van der Waals surface area (Å²) in [4.78, 5) is 26.2. The van der Waals surface area contributed by atoms with Crippen LogP contribution in [-0.4, -0.2) is 45.9 Å². The number of nitrogens with zero attached hydrogens (tertiary/aromatic N) is 2. The minimum atomic E-state index is -1.23. The number of aromatic nitrogens is 2. The van der Waals surface area contributed by atoms with E-state index in [9.17, 15) is 0 Å². The third-order valence-electron chi connectivity index (χ3n) is 3.10. The zero-order chi connectivity index (χ0) is 24.5. The second-order valence-corrected chi connectivity index (χ2v) is 6.09. The van der Waals surface area contributed by atoms with E-state index in [2.05, 4.69) is 33.2 Å². The molecule has 0 spiro atoms. The van der Waals surface area contributed by atoms with Gasteiger partial charge in [0.05, 0.1) is 23.7 Å². The maximum absolute atomic E-state index is 9.12. The number of carbonyl (C=O) groups is 2. The van der Waals surface area contributed by atoms with Crippen LogP contribution in [-0.2, 0) is 26.7 Å². The van der Waals surface area contributed by atoms with Crippen LogP contribution in [0.2, 0.25) is 0 Å². The van der Waals surface area contributed by atoms with Gasteiger partial charge in [-0.3, -0.25) is 9.97 Å². The molecule has 0 aliphatic rings. The summed E-state index contributed by atoms with van der Waals surface area (Å²) >= 11 is 9.35. The molecule has 0 aromatic carbocycles. The number of aliphatic hydroxyl groups is 1. The van der Waals surface area contributed by atoms with E-state index in [-0.39, 0.29) is 17.1 Å². The second kappa shape index (κ2) is 18.9. The second-order valence-electron chi connectivity index (χ2n) is 5.55. The number of furan rings is 2. The summed E-state index contributed by atoms with van der Waals surface area (Å²) in [6.07, 6.45) is 7.05. The molecule has 4 rings (SSSR count). The van der Waals surface area contributed by atoms with E-state index >= 15 is 0 Å². The molecule has 4 aromatic rings. The van der Waals surface area contributed by atoms with Crippen LogP contribution in [0.5, 0.6) is 0 Å². The first-order chi connectivity index (χ1) is 15.3. The number of aryl methyl sites for hydroxylation is 2. The molecule has 4 heterocycles. The third-order valence-corrected chi connectivity index (χ3v) is 3.53. The number of aliphatic hydroxyl groups excluding tert-OH is 1. The number of aliphatic carboxylic acids is 2. The Bertz CT molecular complexity index is 935. The Morgan fingerprint density at radius 3 is 1.39 bits per heavy atom. The molecule has 4 aromatic heterocycles. The first-order valence-electron chi connectivity index (χ1n) is 8.83. The van der Waals surface area contributed by atoms with Crippen LogP contribution in [0.3, 0.4) is 0 Å². The average Bonchev–Trinajstić information content (AvgIpc) is 3.36. The van der Waals surface area contributed by atoms with Gasteiger partial charge in [0.1, 0.15) is 22.7 Å². The van der Waals surface area contributed by atoms with Gasteiger partial charge in [-0.1, -0.05) is 0 Å². The molecule has 0 bridgehead atoms. The molecular formula is C21H22Cl2CuN2O7. The SMILES string of the molecule is CO.Cc1cc2cnccc2o1.Cc1cc2cnccc2o1.O=C([O-])CCl.O=C([O-])CCl.[Cu+2]. The smallest absolute Gasteiger partial charge is 0.549 e. The fraction of sp³-hybridized carbons (Fsp3) is 0.238. The van der Waals surface area contributed by atoms with Gasteiger partial charge < -0.3 is 33.7 Å². The van der Waals surface area contributed by atoms with Crippen LogP contribution in [0.4, 0.5) is 0 Å². The number of carboxylic acids is 2. The number of pyridine rings is 2. The number of hydrogen-bond acceptors (Lipinski definition) is 9. The minimum Gasteiger partial charge on any atom is -0.549 e. The maximum atomic E-state index is 9.12. The standard InChI is InChI=1S/2C8H7NO.2C2H3ClO2.CH4O.Cu/c2*1-6-4-7-5-9-3-2-8(7)10-6;2*3-1-2(4)5;1-2;/h2*2-5H,1H3;2*1H2,(H,4,5);2H,1H3;/q;;;;;+2/p-2. The molecule has 183 valence electrons. The molecule has 0 saturated heterocycles. The van der Waals surface area contributed by atoms with Gasteiger partial charge in [-0.2, -0.15) is 0 Å². The molecule has 12 heteroatoms. The van der Waals surface area contributed by atoms with Gasteiger partial charge in [0.25, 0.3) is 0 Å². The Labute approximate surface area is 210 Å². The minimum absolute atomic E-state index is 0. The number of halogens is 2. The van der Waals surface area contributed by atoms with Crippen molar-refractivity contribution in [3.05, 3.63) is 60.6 Å². The monoisotopic (exact) mass is 547 g/mol. The number of hydrogen-bond donors (Lipinski definition) is 1. The number of rotatable bonds is 2. The molecule has 0 aliphatic carbocycles. The first-order valence-corrected chi connectivity index (χ1v) is 9.90. The van der Waals surface area contributed by atoms with Gasteiger partial charge in [-0.25, -0.2) is 0 Å². The Hall–Kier alpha value is -2.62. The van der Waals surface area contributed by atoms with Crippen molar-refractivity contribution in [3.8, 4) is 0 Å². The summed E-state index contributed by atoms with van der Waals surface area (Å²) < 4.78 is 10.7. The molecule has 0 aliphatic heterocycles. The van der Waals surface area contributed by atoms with E-state index in [1.54, 1.807) is 24.8 Å². The summed E-state index contributed by atoms with van der Waals surface area (Å²) in [5.41, 5.74) is 1.82. The van der Waals surface area contributed by atoms with Crippen molar-refractivity contribution < 1.29 is 50.8 Å². The molecular weight excluding hydrogens is 527 g/mol. The van der Waals surface area contributed by atoms with E-state index in [0.717, 1.165) is 40.6 Å². The normalized spacial score (nSPS) is 8.79. The quantitative estimate of drug-likeness (QED) is 0.292. The Balaban J connectivity index is 0. The molecule has 0 fully saturated rings. The first kappa shape index (κ1) is 32.6. The van der Waals surface area contributed by atoms with E-state index in [0.29, 0.717) is 0 Å². The maximum Gasteiger partial charge on any atom is 2.00 e. The zero-order valence-corrected chi connectivity index (χ0v) is 20.3. The topological polar surface area (TPSA) is 153 Å². The molecule has 33 heavy (non-hydrogen) atoms. The van der Waals surface area contributed by atoms with E-state index < -0.39 is 23.7 Å². The molecule has 0 atom stereocenters. The summed E-state index contributed by atoms with van der Waals surface area (Å²) in [6, 6.07) is 7.68. The van der Waals surface area contributed by atoms with Gasteiger partial charge in [-0.05, 0) is 38.1 Å². The van der Waals surface area contributed by atoms with Gasteiger partial charge >= 0.3 is 17.1 Å². The summed E-state index contributed by atoms with van der Waals surface area (Å²) in [6.45, 7) is 3.86. The summed E-state index contributed by atoms with van der Waals surface area (Å²) in [7, 11) is 1.00. The number of carboxylic acid groups (broad SMARTS) is 2. The van der Waals surface area contributed by atoms with Crippen molar-refractivity contribution in [2.24, 2.45) is 0 Å². The Kier molecular flexibility index (Phi) is 18.7. The van der Waals surface area contributed by atoms with Gasteiger partial charge in [0.15, 0.2) is 0 Å². The van der Waals surface area contributed by atoms with Crippen LogP contribution in [0, 0.1) is 13.8 Å². The van der Waals surface area contributed by atoms with E-state index in [4.69, 9.17) is 33.7 Å². The van der Waals surface area contributed by atoms with Crippen molar-refractivity contribution in [2.75, 3.05) is 18.9 Å². The number of fused-ring (bicyclic) bond motifs is 2. The third kappa shape index (κ3) is 14.2. The summed E-state index contributed by atoms with van der Waals surface area (Å²) in [5.74, 6) is -1.43. The van der Waals surface area contributed by atoms with Gasteiger partial charge in [0.2, 0.25) is 0 Å². The molecule has 1 radical (unpaired) electrons. The molecule has 0 amide bonds. The van der Waals surface area contributed by atoms with Crippen LogP contribution < -0.4 is 10.2 Å². The largest absolute Gasteiger partial charge is 2.00 e. The van der Waals surface area contributed by atoms with Gasteiger partial charge in [-0.15, -0.1) is 23.2 Å². The molecule has 0 unspecified atom stereocenters. The fourth-order valence-electron chi connectivity index (χ4n) is 2.03. The van der Waals surface area contributed by atoms with E-state index in [1.807, 2.05) is 38.1 Å². The van der Waals surface area contributed by atoms with Gasteiger partial charge in [0, 0.05) is 42.7 Å². The molecule has 9 nitrogen and oxygen atoms in total. The zero-order valence-electron chi connectivity index (χ0n) is 17.9. The molecule has 0 saturated carbocycles. The average molecular weight is 549 g/mol. The van der Waals surface area contributed by atoms with Crippen LogP contribution in [0.15, 0.2) is 57.9 Å². The predicted molar refractivity (Wildman–Crippen MR) is 117 cm³/mol. The van der Waals surface area contributed by atoms with Crippen molar-refractivity contribution in [3.63, 3.8) is 0 Å². The fourth-order valence-corrected chi connectivity index (χ4v) is 2.03. The van der Waals surface area contributed by atoms with Crippen LogP contribution in [0.25, 0.3) is 21.9 Å². The molecule has 1 N–H and O–H groups in total. The summed E-state index contributed by atoms with van der Waals surface area (Å²) in [5, 5.41) is 27.4. The van der Waals surface area contributed by atoms with E-state index in [1.165, 1.54) is 0 Å². The number of carbonyl (C=O) groups excluding carboxylic acids is 2. The van der Waals surface area contributed by atoms with Crippen LogP contribution >= 0.6 is 23.2 Å². The number of alkyl halides is 2.